The van der Waals surface area contributed by atoms with Crippen LogP contribution >= 0.6 is 11.3 Å². The standard InChI is InChI=1S/C23H29N3O5S/c1-25(2)10-7-11-26(23-24-17-14-16(28-3)8-9-20(17)32-23)22(27)15-12-18(29-4)21(31-6)19(13-15)30-5/h8-9,12-14H,7,10-11H2,1-6H3. The minimum atomic E-state index is -0.186. The molecule has 0 saturated heterocycles. The number of ether oxygens (including phenoxy) is 4. The Morgan fingerprint density at radius 1 is 0.938 bits per heavy atom. The summed E-state index contributed by atoms with van der Waals surface area (Å²) in [5.74, 6) is 1.84. The van der Waals surface area contributed by atoms with Crippen molar-refractivity contribution in [2.75, 3.05) is 60.5 Å². The van der Waals surface area contributed by atoms with E-state index in [1.165, 1.54) is 32.7 Å². The molecule has 172 valence electrons. The van der Waals surface area contributed by atoms with E-state index in [2.05, 4.69) is 4.90 Å². The van der Waals surface area contributed by atoms with E-state index in [0.717, 1.165) is 28.9 Å². The van der Waals surface area contributed by atoms with Crippen LogP contribution in [0.25, 0.3) is 10.2 Å². The van der Waals surface area contributed by atoms with Gasteiger partial charge in [0.05, 0.1) is 38.7 Å². The van der Waals surface area contributed by atoms with Gasteiger partial charge < -0.3 is 23.8 Å². The quantitative estimate of drug-likeness (QED) is 0.455. The molecule has 2 aromatic carbocycles. The minimum Gasteiger partial charge on any atom is -0.497 e. The lowest BCUT2D eigenvalue weighted by Gasteiger charge is -2.22. The molecule has 0 N–H and O–H groups in total. The van der Waals surface area contributed by atoms with Crippen molar-refractivity contribution in [3.05, 3.63) is 35.9 Å². The van der Waals surface area contributed by atoms with E-state index in [4.69, 9.17) is 23.9 Å². The van der Waals surface area contributed by atoms with Crippen molar-refractivity contribution in [2.45, 2.75) is 6.42 Å². The van der Waals surface area contributed by atoms with E-state index in [9.17, 15) is 4.79 Å². The van der Waals surface area contributed by atoms with Gasteiger partial charge in [-0.1, -0.05) is 11.3 Å². The Morgan fingerprint density at radius 2 is 1.62 bits per heavy atom. The molecular formula is C23H29N3O5S. The van der Waals surface area contributed by atoms with Gasteiger partial charge in [-0.25, -0.2) is 4.98 Å². The SMILES string of the molecule is COc1ccc2sc(N(CCCN(C)C)C(=O)c3cc(OC)c(OC)c(OC)c3)nc2c1. The summed E-state index contributed by atoms with van der Waals surface area (Å²) in [7, 11) is 10.2. The van der Waals surface area contributed by atoms with Crippen molar-refractivity contribution in [3.63, 3.8) is 0 Å². The van der Waals surface area contributed by atoms with E-state index in [0.29, 0.717) is 34.5 Å². The highest BCUT2D eigenvalue weighted by molar-refractivity contribution is 7.22. The van der Waals surface area contributed by atoms with E-state index in [1.807, 2.05) is 32.3 Å². The van der Waals surface area contributed by atoms with Crippen LogP contribution < -0.4 is 23.8 Å². The number of hydrogen-bond acceptors (Lipinski definition) is 8. The molecule has 8 nitrogen and oxygen atoms in total. The van der Waals surface area contributed by atoms with Gasteiger partial charge in [0, 0.05) is 18.2 Å². The molecule has 32 heavy (non-hydrogen) atoms. The molecule has 0 aliphatic carbocycles. The Kier molecular flexibility index (Phi) is 7.76. The highest BCUT2D eigenvalue weighted by atomic mass is 32.1. The molecule has 1 amide bonds. The molecule has 9 heteroatoms. The fourth-order valence-electron chi connectivity index (χ4n) is 3.33. The van der Waals surface area contributed by atoms with Gasteiger partial charge in [-0.2, -0.15) is 0 Å². The molecule has 0 fully saturated rings. The van der Waals surface area contributed by atoms with E-state index in [1.54, 1.807) is 24.1 Å². The van der Waals surface area contributed by atoms with Crippen molar-refractivity contribution in [1.82, 2.24) is 9.88 Å². The summed E-state index contributed by atoms with van der Waals surface area (Å²) < 4.78 is 22.5. The third-order valence-electron chi connectivity index (χ3n) is 4.96. The van der Waals surface area contributed by atoms with Crippen molar-refractivity contribution < 1.29 is 23.7 Å². The first-order chi connectivity index (χ1) is 15.4. The summed E-state index contributed by atoms with van der Waals surface area (Å²) in [6.45, 7) is 1.36. The van der Waals surface area contributed by atoms with Crippen molar-refractivity contribution in [1.29, 1.82) is 0 Å². The molecule has 0 atom stereocenters. The molecule has 0 bridgehead atoms. The molecule has 1 aromatic heterocycles. The molecule has 0 saturated carbocycles. The fraction of sp³-hybridized carbons (Fsp3) is 0.391. The molecule has 3 aromatic rings. The summed E-state index contributed by atoms with van der Waals surface area (Å²) >= 11 is 1.47. The molecule has 1 heterocycles. The topological polar surface area (TPSA) is 73.4 Å². The minimum absolute atomic E-state index is 0.186. The Labute approximate surface area is 192 Å². The van der Waals surface area contributed by atoms with E-state index in [-0.39, 0.29) is 5.91 Å². The van der Waals surface area contributed by atoms with Gasteiger partial charge in [-0.15, -0.1) is 0 Å². The first-order valence-corrected chi connectivity index (χ1v) is 10.9. The second-order valence-electron chi connectivity index (χ2n) is 7.36. The monoisotopic (exact) mass is 459 g/mol. The average molecular weight is 460 g/mol. The smallest absolute Gasteiger partial charge is 0.260 e. The summed E-state index contributed by atoms with van der Waals surface area (Å²) in [5, 5.41) is 0.630. The molecular weight excluding hydrogens is 430 g/mol. The zero-order chi connectivity index (χ0) is 23.3. The normalized spacial score (nSPS) is 11.0. The number of hydrogen-bond donors (Lipinski definition) is 0. The fourth-order valence-corrected chi connectivity index (χ4v) is 4.30. The maximum Gasteiger partial charge on any atom is 0.260 e. The van der Waals surface area contributed by atoms with Crippen LogP contribution in [0.2, 0.25) is 0 Å². The Balaban J connectivity index is 2.03. The van der Waals surface area contributed by atoms with Crippen LogP contribution in [-0.2, 0) is 0 Å². The Morgan fingerprint density at radius 3 is 2.19 bits per heavy atom. The number of aromatic nitrogens is 1. The molecule has 3 rings (SSSR count). The Hall–Kier alpha value is -3.04. The van der Waals surface area contributed by atoms with Crippen LogP contribution in [0.3, 0.4) is 0 Å². The number of carbonyl (C=O) groups is 1. The van der Waals surface area contributed by atoms with Gasteiger partial charge in [-0.05, 0) is 51.3 Å². The third kappa shape index (κ3) is 5.05. The number of carbonyl (C=O) groups excluding carboxylic acids is 1. The largest absolute Gasteiger partial charge is 0.497 e. The average Bonchev–Trinajstić information content (AvgIpc) is 3.22. The van der Waals surface area contributed by atoms with Crippen LogP contribution in [0.4, 0.5) is 5.13 Å². The second-order valence-corrected chi connectivity index (χ2v) is 8.37. The number of amides is 1. The van der Waals surface area contributed by atoms with Gasteiger partial charge in [0.2, 0.25) is 5.75 Å². The summed E-state index contributed by atoms with van der Waals surface area (Å²) in [6.07, 6.45) is 0.794. The maximum atomic E-state index is 13.7. The van der Waals surface area contributed by atoms with Gasteiger partial charge in [-0.3, -0.25) is 9.69 Å². The van der Waals surface area contributed by atoms with Crippen molar-refractivity contribution >= 4 is 32.6 Å². The zero-order valence-corrected chi connectivity index (χ0v) is 20.1. The zero-order valence-electron chi connectivity index (χ0n) is 19.3. The lowest BCUT2D eigenvalue weighted by Crippen LogP contribution is -2.33. The van der Waals surface area contributed by atoms with Gasteiger partial charge in [0.15, 0.2) is 16.6 Å². The second kappa shape index (κ2) is 10.5. The predicted octanol–water partition coefficient (Wildman–Crippen LogP) is 3.93. The van der Waals surface area contributed by atoms with E-state index < -0.39 is 0 Å². The van der Waals surface area contributed by atoms with Crippen LogP contribution in [0.15, 0.2) is 30.3 Å². The summed E-state index contributed by atoms with van der Waals surface area (Å²) in [6, 6.07) is 9.05. The lowest BCUT2D eigenvalue weighted by molar-refractivity contribution is 0.0985. The Bertz CT molecular complexity index is 1060. The number of benzene rings is 2. The molecule has 0 aliphatic heterocycles. The van der Waals surface area contributed by atoms with Gasteiger partial charge in [0.25, 0.3) is 5.91 Å². The third-order valence-corrected chi connectivity index (χ3v) is 6.02. The van der Waals surface area contributed by atoms with Crippen molar-refractivity contribution in [3.8, 4) is 23.0 Å². The van der Waals surface area contributed by atoms with Crippen molar-refractivity contribution in [2.24, 2.45) is 0 Å². The number of thiazole rings is 1. The molecule has 0 unspecified atom stereocenters. The number of anilines is 1. The summed E-state index contributed by atoms with van der Waals surface area (Å²) in [4.78, 5) is 22.2. The lowest BCUT2D eigenvalue weighted by atomic mass is 10.1. The highest BCUT2D eigenvalue weighted by Crippen LogP contribution is 2.39. The van der Waals surface area contributed by atoms with Gasteiger partial charge in [0.1, 0.15) is 5.75 Å². The molecule has 0 radical (unpaired) electrons. The predicted molar refractivity (Wildman–Crippen MR) is 127 cm³/mol. The van der Waals surface area contributed by atoms with Gasteiger partial charge >= 0.3 is 0 Å². The number of methoxy groups -OCH3 is 4. The van der Waals surface area contributed by atoms with Crippen LogP contribution in [-0.4, -0.2) is 71.4 Å². The number of rotatable bonds is 10. The van der Waals surface area contributed by atoms with E-state index >= 15 is 0 Å². The maximum absolute atomic E-state index is 13.7. The highest BCUT2D eigenvalue weighted by Gasteiger charge is 2.24. The number of nitrogens with zero attached hydrogens (tertiary/aromatic N) is 3. The number of fused-ring (bicyclic) bond motifs is 1. The van der Waals surface area contributed by atoms with Crippen LogP contribution in [0.5, 0.6) is 23.0 Å². The molecule has 0 aliphatic rings. The first-order valence-electron chi connectivity index (χ1n) is 10.1. The first kappa shape index (κ1) is 23.6. The van der Waals surface area contributed by atoms with Crippen LogP contribution in [0.1, 0.15) is 16.8 Å². The van der Waals surface area contributed by atoms with Crippen LogP contribution in [0, 0.1) is 0 Å². The molecule has 0 spiro atoms. The summed E-state index contributed by atoms with van der Waals surface area (Å²) in [5.41, 5.74) is 1.22.